The second-order valence-corrected chi connectivity index (χ2v) is 7.97. The van der Waals surface area contributed by atoms with Crippen molar-refractivity contribution in [1.29, 1.82) is 10.7 Å². The molecule has 0 aliphatic rings. The molecule has 0 bridgehead atoms. The van der Waals surface area contributed by atoms with Gasteiger partial charge in [0.15, 0.2) is 11.6 Å². The first-order chi connectivity index (χ1) is 17.8. The summed E-state index contributed by atoms with van der Waals surface area (Å²) in [4.78, 5) is 24.5. The summed E-state index contributed by atoms with van der Waals surface area (Å²) in [6, 6.07) is 24.2. The fraction of sp³-hybridized carbons (Fsp3) is 0.0345. The predicted octanol–water partition coefficient (Wildman–Crippen LogP) is 6.01. The number of benzene rings is 4. The summed E-state index contributed by atoms with van der Waals surface area (Å²) in [6.45, 7) is 1.86. The van der Waals surface area contributed by atoms with Gasteiger partial charge in [-0.3, -0.25) is 5.41 Å². The average molecular weight is 496 g/mol. The molecule has 0 aliphatic heterocycles. The van der Waals surface area contributed by atoms with Gasteiger partial charge in [-0.25, -0.2) is 14.0 Å². The number of aryl methyl sites for hydroxylation is 1. The molecular formula is C29H18F2N2O4. The monoisotopic (exact) mass is 496 g/mol. The Morgan fingerprint density at radius 3 is 1.86 bits per heavy atom. The molecule has 0 saturated heterocycles. The first-order valence-corrected chi connectivity index (χ1v) is 11.0. The van der Waals surface area contributed by atoms with Crippen molar-refractivity contribution in [2.24, 2.45) is 0 Å². The highest BCUT2D eigenvalue weighted by Gasteiger charge is 2.25. The highest BCUT2D eigenvalue weighted by molar-refractivity contribution is 6.62. The third-order valence-corrected chi connectivity index (χ3v) is 5.43. The topological polar surface area (TPSA) is 100 Å². The molecule has 6 nitrogen and oxygen atoms in total. The van der Waals surface area contributed by atoms with E-state index in [1.807, 2.05) is 13.0 Å². The molecule has 0 amide bonds. The van der Waals surface area contributed by atoms with Crippen LogP contribution in [0, 0.1) is 35.3 Å². The van der Waals surface area contributed by atoms with Crippen LogP contribution in [0.1, 0.15) is 11.1 Å². The Hall–Kier alpha value is -5.16. The lowest BCUT2D eigenvalue weighted by molar-refractivity contribution is -0.132. The van der Waals surface area contributed by atoms with Crippen molar-refractivity contribution in [3.05, 3.63) is 108 Å². The van der Waals surface area contributed by atoms with Crippen LogP contribution in [0.5, 0.6) is 11.5 Å². The summed E-state index contributed by atoms with van der Waals surface area (Å²) in [6.07, 6.45) is 0. The van der Waals surface area contributed by atoms with E-state index in [-0.39, 0.29) is 11.3 Å². The summed E-state index contributed by atoms with van der Waals surface area (Å²) in [5.41, 5.74) is 2.28. The Kier molecular flexibility index (Phi) is 7.16. The maximum absolute atomic E-state index is 14.6. The normalized spacial score (nSPS) is 10.3. The fourth-order valence-corrected chi connectivity index (χ4v) is 3.41. The number of carbonyl (C=O) groups excluding carboxylic acids is 2. The zero-order valence-corrected chi connectivity index (χ0v) is 19.4. The second-order valence-electron chi connectivity index (χ2n) is 7.97. The van der Waals surface area contributed by atoms with Crippen LogP contribution in [-0.2, 0) is 9.59 Å². The van der Waals surface area contributed by atoms with Crippen molar-refractivity contribution in [3.63, 3.8) is 0 Å². The van der Waals surface area contributed by atoms with E-state index < -0.39 is 35.0 Å². The van der Waals surface area contributed by atoms with E-state index in [2.05, 4.69) is 0 Å². The van der Waals surface area contributed by atoms with Gasteiger partial charge in [-0.2, -0.15) is 9.65 Å². The highest BCUT2D eigenvalue weighted by atomic mass is 19.2. The Bertz CT molecular complexity index is 1540. The van der Waals surface area contributed by atoms with E-state index in [0.717, 1.165) is 22.8 Å². The van der Waals surface area contributed by atoms with Gasteiger partial charge in [0, 0.05) is 5.56 Å². The minimum atomic E-state index is -1.50. The smallest absolute Gasteiger partial charge is 0.369 e. The van der Waals surface area contributed by atoms with Crippen molar-refractivity contribution in [3.8, 4) is 39.8 Å². The van der Waals surface area contributed by atoms with Crippen LogP contribution in [0.15, 0.2) is 84.9 Å². The third-order valence-electron chi connectivity index (χ3n) is 5.43. The molecule has 0 heterocycles. The second kappa shape index (κ2) is 10.6. The van der Waals surface area contributed by atoms with Crippen LogP contribution in [0.25, 0.3) is 22.3 Å². The molecule has 0 aliphatic carbocycles. The molecule has 0 radical (unpaired) electrons. The van der Waals surface area contributed by atoms with Crippen LogP contribution in [0.4, 0.5) is 8.78 Å². The van der Waals surface area contributed by atoms with E-state index in [1.54, 1.807) is 60.7 Å². The average Bonchev–Trinajstić information content (AvgIpc) is 2.92. The van der Waals surface area contributed by atoms with Crippen molar-refractivity contribution in [2.75, 3.05) is 0 Å². The lowest BCUT2D eigenvalue weighted by atomic mass is 10.0. The maximum atomic E-state index is 14.6. The van der Waals surface area contributed by atoms with Crippen molar-refractivity contribution in [1.82, 2.24) is 0 Å². The quantitative estimate of drug-likeness (QED) is 0.153. The molecular weight excluding hydrogens is 478 g/mol. The van der Waals surface area contributed by atoms with Gasteiger partial charge < -0.3 is 9.47 Å². The molecule has 4 aromatic carbocycles. The number of hydrogen-bond acceptors (Lipinski definition) is 6. The van der Waals surface area contributed by atoms with Gasteiger partial charge in [-0.1, -0.05) is 54.1 Å². The highest BCUT2D eigenvalue weighted by Crippen LogP contribution is 2.30. The van der Waals surface area contributed by atoms with Gasteiger partial charge in [0.2, 0.25) is 11.5 Å². The molecule has 4 rings (SSSR count). The van der Waals surface area contributed by atoms with E-state index in [0.29, 0.717) is 11.1 Å². The standard InChI is InChI=1S/C29H18F2N2O4/c1-17-2-6-21(7-3-17)23-14-15-24(26(31)25(23)30)37-29(35)27(33)28(34)36-22-12-10-20(11-13-22)19-8-4-18(16-32)5-9-19/h2-15,33H,1H3. The Morgan fingerprint density at radius 2 is 1.27 bits per heavy atom. The van der Waals surface area contributed by atoms with Crippen molar-refractivity contribution in [2.45, 2.75) is 6.92 Å². The minimum Gasteiger partial charge on any atom is -0.422 e. The molecule has 182 valence electrons. The van der Waals surface area contributed by atoms with Gasteiger partial charge >= 0.3 is 11.9 Å². The predicted molar refractivity (Wildman–Crippen MR) is 132 cm³/mol. The number of ether oxygens (including phenoxy) is 2. The van der Waals surface area contributed by atoms with Gasteiger partial charge in [0.1, 0.15) is 5.75 Å². The zero-order chi connectivity index (χ0) is 26.5. The molecule has 0 aromatic heterocycles. The van der Waals surface area contributed by atoms with E-state index in [4.69, 9.17) is 20.1 Å². The largest absolute Gasteiger partial charge is 0.422 e. The minimum absolute atomic E-state index is 0.0313. The number of esters is 2. The Morgan fingerprint density at radius 1 is 0.730 bits per heavy atom. The Balaban J connectivity index is 1.41. The summed E-state index contributed by atoms with van der Waals surface area (Å²) in [7, 11) is 0. The maximum Gasteiger partial charge on any atom is 0.369 e. The van der Waals surface area contributed by atoms with E-state index in [9.17, 15) is 18.4 Å². The molecule has 4 aromatic rings. The molecule has 1 N–H and O–H groups in total. The zero-order valence-electron chi connectivity index (χ0n) is 19.4. The van der Waals surface area contributed by atoms with Crippen LogP contribution in [0.3, 0.4) is 0 Å². The fourth-order valence-electron chi connectivity index (χ4n) is 3.41. The first kappa shape index (κ1) is 24.9. The van der Waals surface area contributed by atoms with Crippen molar-refractivity contribution >= 4 is 17.7 Å². The lowest BCUT2D eigenvalue weighted by Crippen LogP contribution is -2.31. The summed E-state index contributed by atoms with van der Waals surface area (Å²) in [5.74, 6) is -6.19. The number of carbonyl (C=O) groups is 2. The molecule has 0 saturated carbocycles. The van der Waals surface area contributed by atoms with Gasteiger partial charge in [0.05, 0.1) is 11.6 Å². The SMILES string of the molecule is Cc1ccc(-c2ccc(OC(=O)C(=N)C(=O)Oc3ccc(-c4ccc(C#N)cc4)cc3)c(F)c2F)cc1. The summed E-state index contributed by atoms with van der Waals surface area (Å²) in [5, 5.41) is 16.6. The number of nitriles is 1. The van der Waals surface area contributed by atoms with Crippen LogP contribution < -0.4 is 9.47 Å². The first-order valence-electron chi connectivity index (χ1n) is 11.0. The van der Waals surface area contributed by atoms with Crippen LogP contribution >= 0.6 is 0 Å². The van der Waals surface area contributed by atoms with Gasteiger partial charge in [-0.05, 0) is 60.0 Å². The van der Waals surface area contributed by atoms with E-state index >= 15 is 0 Å². The number of nitrogens with one attached hydrogen (secondary N) is 1. The van der Waals surface area contributed by atoms with Gasteiger partial charge in [-0.15, -0.1) is 0 Å². The lowest BCUT2D eigenvalue weighted by Gasteiger charge is -2.10. The number of nitrogens with zero attached hydrogens (tertiary/aromatic N) is 1. The van der Waals surface area contributed by atoms with Crippen LogP contribution in [-0.4, -0.2) is 17.7 Å². The number of rotatable bonds is 6. The molecule has 37 heavy (non-hydrogen) atoms. The molecule has 8 heteroatoms. The molecule has 0 atom stereocenters. The molecule has 0 fully saturated rings. The van der Waals surface area contributed by atoms with Crippen LogP contribution in [0.2, 0.25) is 0 Å². The number of hydrogen-bond donors (Lipinski definition) is 1. The summed E-state index contributed by atoms with van der Waals surface area (Å²) >= 11 is 0. The summed E-state index contributed by atoms with van der Waals surface area (Å²) < 4.78 is 39.0. The van der Waals surface area contributed by atoms with Crippen molar-refractivity contribution < 1.29 is 27.8 Å². The third kappa shape index (κ3) is 5.57. The molecule has 0 spiro atoms. The molecule has 0 unspecified atom stereocenters. The van der Waals surface area contributed by atoms with E-state index in [1.165, 1.54) is 18.2 Å². The Labute approximate surface area is 210 Å². The van der Waals surface area contributed by atoms with Gasteiger partial charge in [0.25, 0.3) is 0 Å². The number of halogens is 2.